The molecule has 1 heterocycles. The van der Waals surface area contributed by atoms with Crippen LogP contribution in [0.1, 0.15) is 12.0 Å². The number of carbonyl (C=O) groups excluding carboxylic acids is 1. The highest BCUT2D eigenvalue weighted by Gasteiger charge is 2.26. The van der Waals surface area contributed by atoms with Gasteiger partial charge in [-0.05, 0) is 12.0 Å². The summed E-state index contributed by atoms with van der Waals surface area (Å²) in [6.45, 7) is 10.7. The maximum absolute atomic E-state index is 12.5. The van der Waals surface area contributed by atoms with E-state index in [1.807, 2.05) is 4.90 Å². The van der Waals surface area contributed by atoms with Crippen molar-refractivity contribution in [2.24, 2.45) is 5.92 Å². The molecule has 24 heavy (non-hydrogen) atoms. The van der Waals surface area contributed by atoms with Crippen molar-refractivity contribution in [2.75, 3.05) is 40.0 Å². The lowest BCUT2D eigenvalue weighted by Gasteiger charge is -2.18. The summed E-state index contributed by atoms with van der Waals surface area (Å²) in [5.41, 5.74) is 1.11. The minimum atomic E-state index is -1.27. The molecule has 1 aromatic carbocycles. The topological polar surface area (TPSA) is 38.8 Å². The van der Waals surface area contributed by atoms with Gasteiger partial charge >= 0.3 is 0 Å². The van der Waals surface area contributed by atoms with Crippen LogP contribution in [0.4, 0.5) is 0 Å². The Morgan fingerprint density at radius 2 is 1.92 bits per heavy atom. The number of likely N-dealkylation sites (tertiary alicyclic amines) is 1. The summed E-state index contributed by atoms with van der Waals surface area (Å²) in [6.07, 6.45) is 1.54. The summed E-state index contributed by atoms with van der Waals surface area (Å²) in [4.78, 5) is 14.5. The third-order valence-electron chi connectivity index (χ3n) is 4.60. The number of carbonyl (C=O) groups is 1. The SMILES string of the molecule is COCCOC[C@@H]1CCN(C(=O)Cc2ccc([Si](C)(C)C)cc2)C1. The second kappa shape index (κ2) is 8.79. The Hall–Kier alpha value is -1.17. The molecule has 1 aliphatic rings. The number of hydrogen-bond donors (Lipinski definition) is 0. The van der Waals surface area contributed by atoms with Gasteiger partial charge < -0.3 is 14.4 Å². The van der Waals surface area contributed by atoms with Gasteiger partial charge in [-0.25, -0.2) is 0 Å². The fourth-order valence-corrected chi connectivity index (χ4v) is 4.16. The van der Waals surface area contributed by atoms with Crippen LogP contribution in [0, 0.1) is 5.92 Å². The number of ether oxygens (including phenoxy) is 2. The molecule has 1 amide bonds. The molecule has 0 aromatic heterocycles. The third-order valence-corrected chi connectivity index (χ3v) is 6.66. The van der Waals surface area contributed by atoms with Gasteiger partial charge in [0.05, 0.1) is 34.3 Å². The molecule has 1 atom stereocenters. The van der Waals surface area contributed by atoms with E-state index in [4.69, 9.17) is 9.47 Å². The largest absolute Gasteiger partial charge is 0.382 e. The third kappa shape index (κ3) is 5.72. The first-order valence-corrected chi connectivity index (χ1v) is 12.3. The molecule has 1 aliphatic heterocycles. The van der Waals surface area contributed by atoms with Gasteiger partial charge in [-0.1, -0.05) is 49.1 Å². The molecule has 1 aromatic rings. The van der Waals surface area contributed by atoms with Gasteiger partial charge in [-0.3, -0.25) is 4.79 Å². The Morgan fingerprint density at radius 1 is 1.21 bits per heavy atom. The van der Waals surface area contributed by atoms with Gasteiger partial charge in [0.25, 0.3) is 0 Å². The highest BCUT2D eigenvalue weighted by Crippen LogP contribution is 2.18. The van der Waals surface area contributed by atoms with E-state index in [-0.39, 0.29) is 5.91 Å². The molecular weight excluding hydrogens is 318 g/mol. The van der Waals surface area contributed by atoms with E-state index in [9.17, 15) is 4.79 Å². The normalized spacial score (nSPS) is 18.2. The standard InChI is InChI=1S/C19H31NO3Si/c1-22-11-12-23-15-17-9-10-20(14-17)19(21)13-16-5-7-18(8-6-16)24(2,3)4/h5-8,17H,9-15H2,1-4H3/t17-/m1/s1. The minimum Gasteiger partial charge on any atom is -0.382 e. The molecule has 5 heteroatoms. The van der Waals surface area contributed by atoms with Gasteiger partial charge in [0.2, 0.25) is 5.91 Å². The Labute approximate surface area is 147 Å². The van der Waals surface area contributed by atoms with Crippen LogP contribution in [0.15, 0.2) is 24.3 Å². The molecule has 0 spiro atoms. The van der Waals surface area contributed by atoms with Crippen LogP contribution < -0.4 is 5.19 Å². The van der Waals surface area contributed by atoms with Crippen LogP contribution in [0.5, 0.6) is 0 Å². The van der Waals surface area contributed by atoms with Gasteiger partial charge in [-0.2, -0.15) is 0 Å². The second-order valence-corrected chi connectivity index (χ2v) is 12.8. The first kappa shape index (κ1) is 19.2. The van der Waals surface area contributed by atoms with E-state index in [0.29, 0.717) is 25.6 Å². The van der Waals surface area contributed by atoms with Gasteiger partial charge in [0.15, 0.2) is 0 Å². The molecule has 1 saturated heterocycles. The molecule has 1 fully saturated rings. The lowest BCUT2D eigenvalue weighted by Crippen LogP contribution is -2.37. The Kier molecular flexibility index (Phi) is 7.01. The van der Waals surface area contributed by atoms with Crippen molar-refractivity contribution in [3.8, 4) is 0 Å². The molecule has 0 aliphatic carbocycles. The fourth-order valence-electron chi connectivity index (χ4n) is 3.00. The molecule has 0 radical (unpaired) electrons. The summed E-state index contributed by atoms with van der Waals surface area (Å²) >= 11 is 0. The van der Waals surface area contributed by atoms with Gasteiger partial charge in [0.1, 0.15) is 0 Å². The van der Waals surface area contributed by atoms with E-state index in [1.165, 1.54) is 5.19 Å². The smallest absolute Gasteiger partial charge is 0.227 e. The number of amides is 1. The van der Waals surface area contributed by atoms with E-state index < -0.39 is 8.07 Å². The van der Waals surface area contributed by atoms with Crippen LogP contribution in [0.3, 0.4) is 0 Å². The summed E-state index contributed by atoms with van der Waals surface area (Å²) in [5.74, 6) is 0.690. The van der Waals surface area contributed by atoms with Crippen molar-refractivity contribution < 1.29 is 14.3 Å². The van der Waals surface area contributed by atoms with Crippen LogP contribution in [-0.2, 0) is 20.7 Å². The second-order valence-electron chi connectivity index (χ2n) is 7.69. The molecule has 2 rings (SSSR count). The zero-order valence-corrected chi connectivity index (χ0v) is 16.5. The van der Waals surface area contributed by atoms with Crippen LogP contribution in [0.2, 0.25) is 19.6 Å². The predicted octanol–water partition coefficient (Wildman–Crippen LogP) is 2.29. The number of hydrogen-bond acceptors (Lipinski definition) is 3. The Morgan fingerprint density at radius 3 is 2.54 bits per heavy atom. The molecule has 0 unspecified atom stereocenters. The predicted molar refractivity (Wildman–Crippen MR) is 101 cm³/mol. The monoisotopic (exact) mass is 349 g/mol. The average Bonchev–Trinajstić information content (AvgIpc) is 3.00. The van der Waals surface area contributed by atoms with Crippen molar-refractivity contribution in [1.82, 2.24) is 4.90 Å². The molecule has 0 bridgehead atoms. The van der Waals surface area contributed by atoms with Crippen molar-refractivity contribution in [2.45, 2.75) is 32.5 Å². The highest BCUT2D eigenvalue weighted by atomic mass is 28.3. The zero-order valence-electron chi connectivity index (χ0n) is 15.5. The molecule has 134 valence electrons. The summed E-state index contributed by atoms with van der Waals surface area (Å²) in [5, 5.41) is 1.44. The minimum absolute atomic E-state index is 0.232. The fraction of sp³-hybridized carbons (Fsp3) is 0.632. The maximum Gasteiger partial charge on any atom is 0.227 e. The van der Waals surface area contributed by atoms with Crippen molar-refractivity contribution in [1.29, 1.82) is 0 Å². The molecular formula is C19H31NO3Si. The number of methoxy groups -OCH3 is 1. The zero-order chi connectivity index (χ0) is 17.6. The van der Waals surface area contributed by atoms with Crippen LogP contribution >= 0.6 is 0 Å². The first-order valence-electron chi connectivity index (χ1n) is 8.84. The Bertz CT molecular complexity index is 524. The lowest BCUT2D eigenvalue weighted by molar-refractivity contribution is -0.129. The van der Waals surface area contributed by atoms with E-state index in [1.54, 1.807) is 7.11 Å². The highest BCUT2D eigenvalue weighted by molar-refractivity contribution is 6.88. The summed E-state index contributed by atoms with van der Waals surface area (Å²) < 4.78 is 10.6. The average molecular weight is 350 g/mol. The maximum atomic E-state index is 12.5. The lowest BCUT2D eigenvalue weighted by atomic mass is 10.1. The number of rotatable bonds is 8. The van der Waals surface area contributed by atoms with Crippen LogP contribution in [-0.4, -0.2) is 58.9 Å². The number of nitrogens with zero attached hydrogens (tertiary/aromatic N) is 1. The number of benzene rings is 1. The summed E-state index contributed by atoms with van der Waals surface area (Å²) in [7, 11) is 0.408. The summed E-state index contributed by atoms with van der Waals surface area (Å²) in [6, 6.07) is 8.64. The van der Waals surface area contributed by atoms with Crippen molar-refractivity contribution in [3.05, 3.63) is 29.8 Å². The first-order chi connectivity index (χ1) is 11.4. The quantitative estimate of drug-likeness (QED) is 0.534. The van der Waals surface area contributed by atoms with Crippen LogP contribution in [0.25, 0.3) is 0 Å². The molecule has 0 saturated carbocycles. The van der Waals surface area contributed by atoms with Gasteiger partial charge in [-0.15, -0.1) is 0 Å². The Balaban J connectivity index is 1.79. The van der Waals surface area contributed by atoms with E-state index in [2.05, 4.69) is 43.9 Å². The van der Waals surface area contributed by atoms with Gasteiger partial charge in [0, 0.05) is 26.1 Å². The van der Waals surface area contributed by atoms with E-state index in [0.717, 1.165) is 31.7 Å². The van der Waals surface area contributed by atoms with E-state index >= 15 is 0 Å². The van der Waals surface area contributed by atoms with Crippen molar-refractivity contribution in [3.63, 3.8) is 0 Å². The molecule has 0 N–H and O–H groups in total. The molecule has 4 nitrogen and oxygen atoms in total. The van der Waals surface area contributed by atoms with Crippen molar-refractivity contribution >= 4 is 19.2 Å².